The number of fused-ring (bicyclic) bond motifs is 6. The van der Waals surface area contributed by atoms with E-state index in [1.165, 1.54) is 11.1 Å². The Labute approximate surface area is 280 Å². The Balaban J connectivity index is 0.908. The topological polar surface area (TPSA) is 151 Å². The van der Waals surface area contributed by atoms with E-state index in [1.807, 2.05) is 6.07 Å². The quantitative estimate of drug-likeness (QED) is 0.125. The van der Waals surface area contributed by atoms with E-state index in [4.69, 9.17) is 9.47 Å². The van der Waals surface area contributed by atoms with Crippen molar-refractivity contribution >= 4 is 41.5 Å². The van der Waals surface area contributed by atoms with Crippen LogP contribution in [0.15, 0.2) is 18.2 Å². The molecule has 2 aliphatic heterocycles. The highest BCUT2D eigenvalue weighted by Crippen LogP contribution is 2.61. The van der Waals surface area contributed by atoms with Crippen LogP contribution in [0.4, 0.5) is 9.59 Å². The Morgan fingerprint density at radius 3 is 2.74 bits per heavy atom. The zero-order chi connectivity index (χ0) is 33.3. The largest absolute Gasteiger partial charge is 0.508 e. The van der Waals surface area contributed by atoms with Crippen LogP contribution in [-0.4, -0.2) is 75.7 Å². The van der Waals surface area contributed by atoms with Crippen molar-refractivity contribution in [1.29, 1.82) is 0 Å². The number of ether oxygens (including phenoxy) is 2. The first-order valence-corrected chi connectivity index (χ1v) is 18.3. The van der Waals surface area contributed by atoms with Gasteiger partial charge in [0.15, 0.2) is 6.73 Å². The molecule has 4 fully saturated rings. The maximum absolute atomic E-state index is 12.9. The van der Waals surface area contributed by atoms with Gasteiger partial charge in [-0.1, -0.05) is 19.4 Å². The van der Waals surface area contributed by atoms with Crippen LogP contribution in [0.2, 0.25) is 0 Å². The molecule has 0 spiro atoms. The lowest BCUT2D eigenvalue weighted by molar-refractivity contribution is -0.158. The predicted octanol–water partition coefficient (Wildman–Crippen LogP) is 5.18. The lowest BCUT2D eigenvalue weighted by atomic mass is 9.55. The van der Waals surface area contributed by atoms with Gasteiger partial charge in [-0.3, -0.25) is 9.59 Å². The molecule has 0 radical (unpaired) electrons. The Bertz CT molecular complexity index is 1400. The van der Waals surface area contributed by atoms with Gasteiger partial charge in [0, 0.05) is 29.3 Å². The molecule has 2 heterocycles. The van der Waals surface area contributed by atoms with Crippen molar-refractivity contribution in [3.63, 3.8) is 0 Å². The van der Waals surface area contributed by atoms with Gasteiger partial charge in [0.25, 0.3) is 0 Å². The van der Waals surface area contributed by atoms with Crippen molar-refractivity contribution in [2.24, 2.45) is 17.3 Å². The fourth-order valence-corrected chi connectivity index (χ4v) is 10.7. The first-order chi connectivity index (χ1) is 22.5. The number of rotatable bonds is 11. The van der Waals surface area contributed by atoms with Crippen LogP contribution < -0.4 is 10.6 Å². The van der Waals surface area contributed by atoms with E-state index in [0.717, 1.165) is 62.7 Å². The minimum absolute atomic E-state index is 0.0662. The summed E-state index contributed by atoms with van der Waals surface area (Å²) in [7, 11) is 0. The molecule has 12 heteroatoms. The maximum Gasteiger partial charge on any atom is 0.420 e. The Hall–Kier alpha value is -3.28. The minimum Gasteiger partial charge on any atom is -0.508 e. The van der Waals surface area contributed by atoms with E-state index in [0.29, 0.717) is 35.7 Å². The van der Waals surface area contributed by atoms with E-state index in [1.54, 1.807) is 24.8 Å². The number of phenolic OH excluding ortho intramolecular Hbond substituents is 1. The highest BCUT2D eigenvalue weighted by molar-refractivity contribution is 8.00. The van der Waals surface area contributed by atoms with Gasteiger partial charge in [-0.15, -0.1) is 0 Å². The number of carbonyl (C=O) groups excluding carboxylic acids is 5. The molecule has 1 aromatic rings. The molecule has 5 aliphatic rings. The third kappa shape index (κ3) is 6.98. The number of nitrogens with one attached hydrogen (secondary N) is 2. The number of hydrogen-bond donors (Lipinski definition) is 3. The summed E-state index contributed by atoms with van der Waals surface area (Å²) < 4.78 is 11.2. The van der Waals surface area contributed by atoms with Crippen molar-refractivity contribution in [2.45, 2.75) is 120 Å². The van der Waals surface area contributed by atoms with Crippen molar-refractivity contribution in [3.8, 4) is 5.75 Å². The monoisotopic (exact) mass is 669 g/mol. The van der Waals surface area contributed by atoms with E-state index in [-0.39, 0.29) is 47.5 Å². The number of esters is 1. The average Bonchev–Trinajstić information content (AvgIpc) is 3.68. The summed E-state index contributed by atoms with van der Waals surface area (Å²) in [5.41, 5.74) is 2.54. The lowest BCUT2D eigenvalue weighted by Crippen LogP contribution is -2.45. The summed E-state index contributed by atoms with van der Waals surface area (Å²) >= 11 is 1.70. The van der Waals surface area contributed by atoms with Gasteiger partial charge in [-0.25, -0.2) is 14.5 Å². The molecule has 3 aliphatic carbocycles. The number of nitrogens with zero attached hydrogens (tertiary/aromatic N) is 1. The molecule has 47 heavy (non-hydrogen) atoms. The second kappa shape index (κ2) is 14.1. The molecule has 11 nitrogen and oxygen atoms in total. The van der Waals surface area contributed by atoms with Crippen molar-refractivity contribution < 1.29 is 38.6 Å². The van der Waals surface area contributed by atoms with Gasteiger partial charge < -0.3 is 30.0 Å². The summed E-state index contributed by atoms with van der Waals surface area (Å²) in [5, 5.41) is 15.5. The third-order valence-electron chi connectivity index (χ3n) is 11.5. The van der Waals surface area contributed by atoms with Gasteiger partial charge >= 0.3 is 18.1 Å². The highest BCUT2D eigenvalue weighted by Gasteiger charge is 2.56. The molecule has 6 rings (SSSR count). The van der Waals surface area contributed by atoms with Crippen LogP contribution in [0.25, 0.3) is 0 Å². The van der Waals surface area contributed by atoms with E-state index in [2.05, 4.69) is 23.6 Å². The number of aromatic hydroxyl groups is 1. The molecule has 0 bridgehead atoms. The number of imide groups is 1. The molecule has 7 unspecified atom stereocenters. The molecule has 256 valence electrons. The molecule has 2 saturated carbocycles. The van der Waals surface area contributed by atoms with Gasteiger partial charge in [0.1, 0.15) is 17.6 Å². The third-order valence-corrected chi connectivity index (χ3v) is 13.0. The Morgan fingerprint density at radius 2 is 1.94 bits per heavy atom. The fraction of sp³-hybridized carbons (Fsp3) is 0.686. The number of urea groups is 1. The first-order valence-electron chi connectivity index (χ1n) is 17.2. The zero-order valence-electron chi connectivity index (χ0n) is 27.3. The van der Waals surface area contributed by atoms with Crippen LogP contribution in [-0.2, 0) is 30.3 Å². The van der Waals surface area contributed by atoms with Crippen LogP contribution in [0.5, 0.6) is 5.75 Å². The number of benzene rings is 1. The average molecular weight is 670 g/mol. The zero-order valence-corrected chi connectivity index (χ0v) is 28.1. The summed E-state index contributed by atoms with van der Waals surface area (Å²) in [4.78, 5) is 62.9. The smallest absolute Gasteiger partial charge is 0.420 e. The lowest BCUT2D eigenvalue weighted by Gasteiger charge is -2.50. The maximum atomic E-state index is 12.9. The number of amides is 4. The second-order valence-corrected chi connectivity index (χ2v) is 15.6. The van der Waals surface area contributed by atoms with E-state index >= 15 is 0 Å². The highest BCUT2D eigenvalue weighted by atomic mass is 32.2. The fourth-order valence-electron chi connectivity index (χ4n) is 9.15. The molecule has 2 saturated heterocycles. The Kier molecular flexibility index (Phi) is 10.1. The van der Waals surface area contributed by atoms with E-state index in [9.17, 15) is 29.1 Å². The number of thioether (sulfide) groups is 1. The molecular formula is C35H47N3O8S. The molecule has 4 amide bonds. The van der Waals surface area contributed by atoms with Gasteiger partial charge in [0.2, 0.25) is 5.91 Å². The number of phenols is 1. The molecule has 0 aromatic heterocycles. The summed E-state index contributed by atoms with van der Waals surface area (Å²) in [6.07, 6.45) is 7.85. The molecule has 1 aromatic carbocycles. The summed E-state index contributed by atoms with van der Waals surface area (Å²) in [5.74, 6) is 1.75. The van der Waals surface area contributed by atoms with Gasteiger partial charge in [-0.05, 0) is 99.3 Å². The number of hydrogen-bond acceptors (Lipinski definition) is 9. The molecule has 8 atom stereocenters. The van der Waals surface area contributed by atoms with Crippen molar-refractivity contribution in [3.05, 3.63) is 29.3 Å². The number of Topliss-reactive ketones (excluding diaryl/α,β-unsaturated/α-hetero) is 1. The standard InChI is InChI=1S/C35H47N3O8S/c1-20(39)5-3-4-6-28-32-27(18-47-28)38(33(43)37-32)34(44)45-19-36-30(41)13-14-31(42)46-29-12-11-26-25-9-7-21-17-22(40)8-10-23(21)24(25)15-16-35(26,29)2/h8,10,17,24-29,32,40H,3-7,9,11-16,18-19H2,1-2H3,(H,36,41)(H,37,43)/t24?,25?,26?,27?,28?,29-,32?,35?/m0/s1. The number of aryl methyl sites for hydroxylation is 1. The number of ketones is 1. The SMILES string of the molecule is CC(=O)CCCCC1SCC2C1NC(=O)N2C(=O)OCNC(=O)CCC(=O)O[C@H]1CCC2C3CCc4cc(O)ccc4C3CCC21C. The predicted molar refractivity (Wildman–Crippen MR) is 175 cm³/mol. The van der Waals surface area contributed by atoms with Crippen molar-refractivity contribution in [2.75, 3.05) is 12.5 Å². The minimum atomic E-state index is -0.814. The number of unbranched alkanes of at least 4 members (excludes halogenated alkanes) is 1. The van der Waals surface area contributed by atoms with Crippen molar-refractivity contribution in [1.82, 2.24) is 15.5 Å². The molecule has 3 N–H and O–H groups in total. The van der Waals surface area contributed by atoms with Crippen LogP contribution in [0, 0.1) is 17.3 Å². The van der Waals surface area contributed by atoms with Gasteiger partial charge in [-0.2, -0.15) is 11.8 Å². The number of carbonyl (C=O) groups is 5. The van der Waals surface area contributed by atoms with E-state index < -0.39 is 30.7 Å². The summed E-state index contributed by atoms with van der Waals surface area (Å²) in [6.45, 7) is 3.44. The molecular weight excluding hydrogens is 622 g/mol. The van der Waals surface area contributed by atoms with Crippen LogP contribution >= 0.6 is 11.8 Å². The van der Waals surface area contributed by atoms with Crippen LogP contribution in [0.1, 0.15) is 102 Å². The van der Waals surface area contributed by atoms with Crippen LogP contribution in [0.3, 0.4) is 0 Å². The second-order valence-electron chi connectivity index (χ2n) is 14.3. The van der Waals surface area contributed by atoms with Gasteiger partial charge in [0.05, 0.1) is 18.5 Å². The Morgan fingerprint density at radius 1 is 1.11 bits per heavy atom. The normalized spacial score (nSPS) is 32.0. The first kappa shape index (κ1) is 33.6. The summed E-state index contributed by atoms with van der Waals surface area (Å²) in [6, 6.07) is 4.80.